The monoisotopic (exact) mass is 417 g/mol. The number of nitrogens with zero attached hydrogens (tertiary/aromatic N) is 2. The van der Waals surface area contributed by atoms with Crippen LogP contribution in [0.25, 0.3) is 0 Å². The van der Waals surface area contributed by atoms with Gasteiger partial charge >= 0.3 is 6.09 Å². The minimum absolute atomic E-state index is 0.160. The summed E-state index contributed by atoms with van der Waals surface area (Å²) < 4.78 is 31.3. The van der Waals surface area contributed by atoms with Gasteiger partial charge in [0.15, 0.2) is 0 Å². The number of alkyl carbamates (subject to hydrolysis) is 1. The maximum Gasteiger partial charge on any atom is 0.413 e. The topological polar surface area (TPSA) is 61.9 Å². The van der Waals surface area contributed by atoms with Gasteiger partial charge in [-0.2, -0.15) is 0 Å². The van der Waals surface area contributed by atoms with Crippen molar-refractivity contribution < 1.29 is 23.1 Å². The Morgan fingerprint density at radius 3 is 1.73 bits per heavy atom. The molecule has 1 saturated heterocycles. The normalized spacial score (nSPS) is 16.3. The quantitative estimate of drug-likeness (QED) is 0.811. The maximum atomic E-state index is 13.4. The van der Waals surface area contributed by atoms with E-state index in [9.17, 15) is 18.4 Å². The predicted molar refractivity (Wildman–Crippen MR) is 108 cm³/mol. The molecule has 1 atom stereocenters. The summed E-state index contributed by atoms with van der Waals surface area (Å²) >= 11 is 0. The van der Waals surface area contributed by atoms with Gasteiger partial charge in [-0.05, 0) is 42.3 Å². The molecule has 8 heteroatoms. The maximum absolute atomic E-state index is 13.4. The third kappa shape index (κ3) is 5.20. The van der Waals surface area contributed by atoms with Crippen LogP contribution in [0, 0.1) is 11.6 Å². The van der Waals surface area contributed by atoms with Gasteiger partial charge in [0.25, 0.3) is 0 Å². The Labute approximate surface area is 174 Å². The zero-order valence-corrected chi connectivity index (χ0v) is 17.0. The van der Waals surface area contributed by atoms with Crippen molar-refractivity contribution in [3.05, 3.63) is 71.3 Å². The van der Waals surface area contributed by atoms with E-state index in [4.69, 9.17) is 0 Å². The molecule has 160 valence electrons. The van der Waals surface area contributed by atoms with E-state index < -0.39 is 18.0 Å². The van der Waals surface area contributed by atoms with Gasteiger partial charge in [0, 0.05) is 26.2 Å². The molecular formula is C22H25F2N3O3. The molecule has 0 radical (unpaired) electrons. The summed E-state index contributed by atoms with van der Waals surface area (Å²) in [5.41, 5.74) is 1.82. The highest BCUT2D eigenvalue weighted by Gasteiger charge is 2.30. The Morgan fingerprint density at radius 2 is 1.30 bits per heavy atom. The van der Waals surface area contributed by atoms with Crippen LogP contribution >= 0.6 is 0 Å². The summed E-state index contributed by atoms with van der Waals surface area (Å²) in [5.74, 6) is -1.04. The number of rotatable bonds is 5. The fraction of sp³-hybridized carbons (Fsp3) is 0.364. The highest BCUT2D eigenvalue weighted by molar-refractivity contribution is 5.94. The van der Waals surface area contributed by atoms with Gasteiger partial charge in [-0.3, -0.25) is 19.9 Å². The fourth-order valence-corrected chi connectivity index (χ4v) is 3.71. The Balaban J connectivity index is 1.73. The first kappa shape index (κ1) is 21.9. The van der Waals surface area contributed by atoms with E-state index in [2.05, 4.69) is 15.0 Å². The third-order valence-electron chi connectivity index (χ3n) is 5.42. The van der Waals surface area contributed by atoms with Gasteiger partial charge < -0.3 is 4.74 Å². The van der Waals surface area contributed by atoms with Crippen LogP contribution in [-0.2, 0) is 9.53 Å². The van der Waals surface area contributed by atoms with Crippen LogP contribution in [0.4, 0.5) is 13.6 Å². The Hall–Kier alpha value is -2.84. The van der Waals surface area contributed by atoms with Gasteiger partial charge in [0.2, 0.25) is 5.91 Å². The van der Waals surface area contributed by atoms with Crippen molar-refractivity contribution in [1.82, 2.24) is 15.1 Å². The summed E-state index contributed by atoms with van der Waals surface area (Å²) in [6, 6.07) is 12.0. The molecule has 1 heterocycles. The number of benzene rings is 2. The minimum Gasteiger partial charge on any atom is -0.453 e. The molecule has 2 aromatic carbocycles. The standard InChI is InChI=1S/C22H25F2N3O3/c1-15(21(28)25-22(29)30-2)26-11-13-27(14-12-26)20(16-3-7-18(23)8-4-16)17-5-9-19(24)10-6-17/h3-10,15,20H,11-14H2,1-2H3,(H,25,28,29)/t15-/m0/s1. The molecule has 0 unspecified atom stereocenters. The molecule has 1 aliphatic rings. The lowest BCUT2D eigenvalue weighted by atomic mass is 9.96. The summed E-state index contributed by atoms with van der Waals surface area (Å²) in [7, 11) is 1.21. The molecule has 0 bridgehead atoms. The number of piperazine rings is 1. The van der Waals surface area contributed by atoms with Crippen LogP contribution in [0.2, 0.25) is 0 Å². The summed E-state index contributed by atoms with van der Waals surface area (Å²) in [5, 5.41) is 2.20. The lowest BCUT2D eigenvalue weighted by Gasteiger charge is -2.41. The van der Waals surface area contributed by atoms with Crippen molar-refractivity contribution >= 4 is 12.0 Å². The van der Waals surface area contributed by atoms with E-state index in [-0.39, 0.29) is 17.7 Å². The Morgan fingerprint density at radius 1 is 0.867 bits per heavy atom. The highest BCUT2D eigenvalue weighted by atomic mass is 19.1. The summed E-state index contributed by atoms with van der Waals surface area (Å²) in [4.78, 5) is 27.7. The molecule has 3 rings (SSSR count). The van der Waals surface area contributed by atoms with Gasteiger partial charge in [-0.15, -0.1) is 0 Å². The number of carbonyl (C=O) groups is 2. The molecule has 0 aliphatic carbocycles. The first-order valence-electron chi connectivity index (χ1n) is 9.77. The molecular weight excluding hydrogens is 392 g/mol. The van der Waals surface area contributed by atoms with Crippen LogP contribution in [0.5, 0.6) is 0 Å². The van der Waals surface area contributed by atoms with Crippen LogP contribution in [-0.4, -0.2) is 61.1 Å². The van der Waals surface area contributed by atoms with E-state index in [1.54, 1.807) is 31.2 Å². The zero-order valence-electron chi connectivity index (χ0n) is 17.0. The third-order valence-corrected chi connectivity index (χ3v) is 5.42. The lowest BCUT2D eigenvalue weighted by molar-refractivity contribution is -0.125. The molecule has 1 aliphatic heterocycles. The number of imide groups is 1. The Kier molecular flexibility index (Phi) is 7.12. The van der Waals surface area contributed by atoms with Crippen molar-refractivity contribution in [2.75, 3.05) is 33.3 Å². The minimum atomic E-state index is -0.779. The van der Waals surface area contributed by atoms with Crippen LogP contribution < -0.4 is 5.32 Å². The van der Waals surface area contributed by atoms with Gasteiger partial charge in [-0.25, -0.2) is 13.6 Å². The zero-order chi connectivity index (χ0) is 21.7. The first-order valence-corrected chi connectivity index (χ1v) is 9.77. The van der Waals surface area contributed by atoms with Gasteiger partial charge in [0.05, 0.1) is 19.2 Å². The molecule has 1 fully saturated rings. The fourth-order valence-electron chi connectivity index (χ4n) is 3.71. The van der Waals surface area contributed by atoms with E-state index >= 15 is 0 Å². The molecule has 2 amide bonds. The molecule has 0 spiro atoms. The van der Waals surface area contributed by atoms with Crippen molar-refractivity contribution in [3.8, 4) is 0 Å². The molecule has 2 aromatic rings. The number of ether oxygens (including phenoxy) is 1. The molecule has 30 heavy (non-hydrogen) atoms. The Bertz CT molecular complexity index is 821. The van der Waals surface area contributed by atoms with Gasteiger partial charge in [-0.1, -0.05) is 24.3 Å². The number of hydrogen-bond donors (Lipinski definition) is 1. The average molecular weight is 417 g/mol. The lowest BCUT2D eigenvalue weighted by Crippen LogP contribution is -2.55. The molecule has 0 saturated carbocycles. The van der Waals surface area contributed by atoms with Crippen molar-refractivity contribution in [2.45, 2.75) is 19.0 Å². The number of amides is 2. The highest BCUT2D eigenvalue weighted by Crippen LogP contribution is 2.30. The van der Waals surface area contributed by atoms with Crippen molar-refractivity contribution in [3.63, 3.8) is 0 Å². The molecule has 6 nitrogen and oxygen atoms in total. The number of carbonyl (C=O) groups excluding carboxylic acids is 2. The van der Waals surface area contributed by atoms with Crippen molar-refractivity contribution in [2.24, 2.45) is 0 Å². The SMILES string of the molecule is COC(=O)NC(=O)[C@H](C)N1CCN(C(c2ccc(F)cc2)c2ccc(F)cc2)CC1. The predicted octanol–water partition coefficient (Wildman–Crippen LogP) is 2.94. The second kappa shape index (κ2) is 9.77. The second-order valence-corrected chi connectivity index (χ2v) is 7.23. The van der Waals surface area contributed by atoms with E-state index in [0.29, 0.717) is 26.2 Å². The first-order chi connectivity index (χ1) is 14.4. The molecule has 0 aromatic heterocycles. The number of methoxy groups -OCH3 is 1. The average Bonchev–Trinajstić information content (AvgIpc) is 2.76. The van der Waals surface area contributed by atoms with E-state index in [1.807, 2.05) is 4.90 Å². The van der Waals surface area contributed by atoms with Crippen LogP contribution in [0.1, 0.15) is 24.1 Å². The number of halogens is 2. The van der Waals surface area contributed by atoms with E-state index in [0.717, 1.165) is 11.1 Å². The van der Waals surface area contributed by atoms with Crippen LogP contribution in [0.3, 0.4) is 0 Å². The van der Waals surface area contributed by atoms with Crippen LogP contribution in [0.15, 0.2) is 48.5 Å². The smallest absolute Gasteiger partial charge is 0.413 e. The summed E-state index contributed by atoms with van der Waals surface area (Å²) in [6.45, 7) is 4.25. The van der Waals surface area contributed by atoms with Crippen molar-refractivity contribution in [1.29, 1.82) is 0 Å². The number of hydrogen-bond acceptors (Lipinski definition) is 5. The second-order valence-electron chi connectivity index (χ2n) is 7.23. The largest absolute Gasteiger partial charge is 0.453 e. The van der Waals surface area contributed by atoms with E-state index in [1.165, 1.54) is 31.4 Å². The van der Waals surface area contributed by atoms with Gasteiger partial charge in [0.1, 0.15) is 11.6 Å². The number of nitrogens with one attached hydrogen (secondary N) is 1. The summed E-state index contributed by atoms with van der Waals surface area (Å²) in [6.07, 6.45) is -0.779. The molecule has 1 N–H and O–H groups in total.